The van der Waals surface area contributed by atoms with Crippen LogP contribution in [0.1, 0.15) is 28.3 Å². The van der Waals surface area contributed by atoms with Crippen LogP contribution in [0.15, 0.2) is 84.9 Å². The molecule has 0 spiro atoms. The smallest absolute Gasteiger partial charge is 0.161 e. The number of hydrogen-bond donors (Lipinski definition) is 1. The molecule has 0 saturated heterocycles. The zero-order valence-electron chi connectivity index (χ0n) is 19.6. The van der Waals surface area contributed by atoms with E-state index >= 15 is 0 Å². The Hall–Kier alpha value is -3.76. The molecular weight excluding hydrogens is 422 g/mol. The van der Waals surface area contributed by atoms with Crippen molar-refractivity contribution in [2.24, 2.45) is 0 Å². The summed E-state index contributed by atoms with van der Waals surface area (Å²) >= 11 is 0. The molecule has 1 N–H and O–H groups in total. The van der Waals surface area contributed by atoms with Gasteiger partial charge in [0.2, 0.25) is 0 Å². The maximum absolute atomic E-state index is 6.13. The lowest BCUT2D eigenvalue weighted by Gasteiger charge is -2.26. The highest BCUT2D eigenvalue weighted by atomic mass is 16.5. The molecule has 0 fully saturated rings. The highest BCUT2D eigenvalue weighted by molar-refractivity contribution is 5.86. The second-order valence-electron chi connectivity index (χ2n) is 8.49. The maximum Gasteiger partial charge on any atom is 0.161 e. The summed E-state index contributed by atoms with van der Waals surface area (Å²) in [6.07, 6.45) is 5.37. The zero-order chi connectivity index (χ0) is 23.3. The fraction of sp³-hybridized carbons (Fsp3) is 0.200. The number of methoxy groups -OCH3 is 2. The molecule has 1 heterocycles. The molecule has 1 aliphatic rings. The van der Waals surface area contributed by atoms with Gasteiger partial charge in [0.25, 0.3) is 0 Å². The molecule has 0 aromatic heterocycles. The number of rotatable bonds is 7. The molecule has 34 heavy (non-hydrogen) atoms. The van der Waals surface area contributed by atoms with Crippen molar-refractivity contribution in [2.75, 3.05) is 20.8 Å². The molecule has 4 nitrogen and oxygen atoms in total. The second kappa shape index (κ2) is 10.0. The van der Waals surface area contributed by atoms with E-state index in [1.165, 1.54) is 27.5 Å². The summed E-state index contributed by atoms with van der Waals surface area (Å²) in [6.45, 7) is 1.44. The lowest BCUT2D eigenvalue weighted by molar-refractivity contribution is 0.283. The van der Waals surface area contributed by atoms with E-state index in [2.05, 4.69) is 72.1 Å². The molecule has 1 atom stereocenters. The fourth-order valence-corrected chi connectivity index (χ4v) is 4.46. The molecular formula is C30H29NO3. The third-order valence-corrected chi connectivity index (χ3v) is 6.31. The predicted octanol–water partition coefficient (Wildman–Crippen LogP) is 6.34. The van der Waals surface area contributed by atoms with E-state index in [1.54, 1.807) is 14.2 Å². The summed E-state index contributed by atoms with van der Waals surface area (Å²) in [5.41, 5.74) is 4.83. The van der Waals surface area contributed by atoms with Crippen molar-refractivity contribution in [3.63, 3.8) is 0 Å². The van der Waals surface area contributed by atoms with E-state index in [-0.39, 0.29) is 6.04 Å². The van der Waals surface area contributed by atoms with Crippen LogP contribution in [0.3, 0.4) is 0 Å². The molecule has 0 saturated carbocycles. The number of nitrogens with one attached hydrogen (secondary N) is 1. The van der Waals surface area contributed by atoms with Gasteiger partial charge >= 0.3 is 0 Å². The maximum atomic E-state index is 6.13. The van der Waals surface area contributed by atoms with Crippen LogP contribution in [0.4, 0.5) is 0 Å². The van der Waals surface area contributed by atoms with Gasteiger partial charge in [-0.05, 0) is 69.8 Å². The van der Waals surface area contributed by atoms with Gasteiger partial charge in [-0.1, -0.05) is 60.7 Å². The number of ether oxygens (including phenoxy) is 3. The summed E-state index contributed by atoms with van der Waals surface area (Å²) in [7, 11) is 3.39. The van der Waals surface area contributed by atoms with E-state index in [0.717, 1.165) is 35.8 Å². The van der Waals surface area contributed by atoms with Crippen LogP contribution in [-0.2, 0) is 13.0 Å². The van der Waals surface area contributed by atoms with Crippen LogP contribution in [0, 0.1) is 0 Å². The highest BCUT2D eigenvalue weighted by Crippen LogP contribution is 2.36. The number of hydrogen-bond acceptors (Lipinski definition) is 4. The minimum atomic E-state index is 0.118. The molecule has 5 rings (SSSR count). The summed E-state index contributed by atoms with van der Waals surface area (Å²) in [6, 6.07) is 27.2. The van der Waals surface area contributed by atoms with Gasteiger partial charge in [-0.25, -0.2) is 0 Å². The summed E-state index contributed by atoms with van der Waals surface area (Å²) in [4.78, 5) is 0. The molecule has 1 unspecified atom stereocenters. The fourth-order valence-electron chi connectivity index (χ4n) is 4.46. The van der Waals surface area contributed by atoms with Gasteiger partial charge in [-0.3, -0.25) is 0 Å². The average Bonchev–Trinajstić information content (AvgIpc) is 2.90. The Bertz CT molecular complexity index is 1310. The third kappa shape index (κ3) is 4.78. The first-order valence-electron chi connectivity index (χ1n) is 11.6. The molecule has 0 aliphatic carbocycles. The molecule has 4 aromatic rings. The van der Waals surface area contributed by atoms with E-state index in [0.29, 0.717) is 6.61 Å². The Kier molecular flexibility index (Phi) is 6.50. The summed E-state index contributed by atoms with van der Waals surface area (Å²) in [5.74, 6) is 2.43. The summed E-state index contributed by atoms with van der Waals surface area (Å²) in [5, 5.41) is 5.99. The first kappa shape index (κ1) is 22.1. The highest BCUT2D eigenvalue weighted by Gasteiger charge is 2.21. The van der Waals surface area contributed by atoms with Gasteiger partial charge in [0, 0.05) is 6.54 Å². The number of benzene rings is 4. The van der Waals surface area contributed by atoms with Gasteiger partial charge in [-0.15, -0.1) is 0 Å². The van der Waals surface area contributed by atoms with Crippen molar-refractivity contribution in [2.45, 2.75) is 19.1 Å². The predicted molar refractivity (Wildman–Crippen MR) is 138 cm³/mol. The van der Waals surface area contributed by atoms with Crippen molar-refractivity contribution in [1.82, 2.24) is 5.32 Å². The molecule has 0 radical (unpaired) electrons. The molecule has 1 aliphatic heterocycles. The number of fused-ring (bicyclic) bond motifs is 2. The van der Waals surface area contributed by atoms with E-state index < -0.39 is 0 Å². The largest absolute Gasteiger partial charge is 0.497 e. The van der Waals surface area contributed by atoms with Gasteiger partial charge in [-0.2, -0.15) is 0 Å². The standard InChI is InChI=1S/C30H29NO3/c1-32-26-12-11-23-16-21(8-10-24(23)17-26)9-13-28-27-19-29(33-2)30(18-25(27)14-15-31-28)34-20-22-6-4-3-5-7-22/h3-13,16-19,28,31H,14-15,20H2,1-2H3/b13-9+. The molecule has 0 bridgehead atoms. The van der Waals surface area contributed by atoms with Crippen molar-refractivity contribution < 1.29 is 14.2 Å². The third-order valence-electron chi connectivity index (χ3n) is 6.31. The lowest BCUT2D eigenvalue weighted by atomic mass is 9.93. The Morgan fingerprint density at radius 3 is 2.50 bits per heavy atom. The van der Waals surface area contributed by atoms with Gasteiger partial charge < -0.3 is 19.5 Å². The van der Waals surface area contributed by atoms with Gasteiger partial charge in [0.15, 0.2) is 11.5 Å². The molecule has 172 valence electrons. The lowest BCUT2D eigenvalue weighted by Crippen LogP contribution is -2.28. The Labute approximate surface area is 200 Å². The SMILES string of the molecule is COc1ccc2cc(/C=C/C3NCCc4cc(OCc5ccccc5)c(OC)cc43)ccc2c1. The van der Waals surface area contributed by atoms with Gasteiger partial charge in [0.05, 0.1) is 20.3 Å². The summed E-state index contributed by atoms with van der Waals surface area (Å²) < 4.78 is 17.2. The normalized spacial score (nSPS) is 15.3. The minimum absolute atomic E-state index is 0.118. The van der Waals surface area contributed by atoms with Crippen LogP contribution < -0.4 is 19.5 Å². The van der Waals surface area contributed by atoms with Crippen LogP contribution in [0.5, 0.6) is 17.2 Å². The van der Waals surface area contributed by atoms with Gasteiger partial charge in [0.1, 0.15) is 12.4 Å². The van der Waals surface area contributed by atoms with Crippen molar-refractivity contribution in [3.8, 4) is 17.2 Å². The Morgan fingerprint density at radius 1 is 0.853 bits per heavy atom. The Balaban J connectivity index is 1.37. The average molecular weight is 452 g/mol. The molecule has 4 aromatic carbocycles. The zero-order valence-corrected chi connectivity index (χ0v) is 19.6. The monoisotopic (exact) mass is 451 g/mol. The van der Waals surface area contributed by atoms with E-state index in [9.17, 15) is 0 Å². The quantitative estimate of drug-likeness (QED) is 0.356. The first-order chi connectivity index (χ1) is 16.7. The molecule has 4 heteroatoms. The van der Waals surface area contributed by atoms with Crippen LogP contribution in [-0.4, -0.2) is 20.8 Å². The first-order valence-corrected chi connectivity index (χ1v) is 11.6. The van der Waals surface area contributed by atoms with E-state index in [1.807, 2.05) is 24.3 Å². The Morgan fingerprint density at radius 2 is 1.68 bits per heavy atom. The van der Waals surface area contributed by atoms with Crippen molar-refractivity contribution in [3.05, 3.63) is 107 Å². The second-order valence-corrected chi connectivity index (χ2v) is 8.49. The van der Waals surface area contributed by atoms with Crippen molar-refractivity contribution >= 4 is 16.8 Å². The topological polar surface area (TPSA) is 39.7 Å². The van der Waals surface area contributed by atoms with Crippen LogP contribution in [0.25, 0.3) is 16.8 Å². The van der Waals surface area contributed by atoms with E-state index in [4.69, 9.17) is 14.2 Å². The minimum Gasteiger partial charge on any atom is -0.497 e. The molecule has 0 amide bonds. The van der Waals surface area contributed by atoms with Crippen LogP contribution >= 0.6 is 0 Å². The van der Waals surface area contributed by atoms with Crippen LogP contribution in [0.2, 0.25) is 0 Å². The van der Waals surface area contributed by atoms with Crippen molar-refractivity contribution in [1.29, 1.82) is 0 Å².